The molecule has 6 heteroatoms. The molecule has 2 aromatic carbocycles. The summed E-state index contributed by atoms with van der Waals surface area (Å²) < 4.78 is 0. The maximum absolute atomic E-state index is 11.2. The molecule has 2 N–H and O–H groups in total. The molecular weight excluding hydrogens is 426 g/mol. The van der Waals surface area contributed by atoms with E-state index in [1.807, 2.05) is 43.3 Å². The van der Waals surface area contributed by atoms with Gasteiger partial charge in [-0.25, -0.2) is 9.78 Å². The van der Waals surface area contributed by atoms with Crippen molar-refractivity contribution in [2.24, 2.45) is 5.16 Å². The van der Waals surface area contributed by atoms with Crippen LogP contribution in [0.15, 0.2) is 90.3 Å². The molecule has 0 spiro atoms. The van der Waals surface area contributed by atoms with Crippen LogP contribution >= 0.6 is 0 Å². The summed E-state index contributed by atoms with van der Waals surface area (Å²) in [6, 6.07) is 23.3. The van der Waals surface area contributed by atoms with E-state index in [0.29, 0.717) is 12.1 Å². The lowest BCUT2D eigenvalue weighted by Crippen LogP contribution is -2.12. The number of pyridine rings is 2. The number of benzene rings is 2. The van der Waals surface area contributed by atoms with Crippen molar-refractivity contribution >= 4 is 11.7 Å². The standard InChI is InChI=1S/C28H25N3O3/c1-18-6-3-4-9-24(18)25(16-27(31-34)22-12-13-29-19(2)14-22)21-8-5-7-20(15-21)23-10-11-26(28(32)33)30-17-23/h3-15,17,25,34H,16H2,1-2H3,(H,32,33)/b31-27+. The van der Waals surface area contributed by atoms with E-state index in [1.54, 1.807) is 18.5 Å². The summed E-state index contributed by atoms with van der Waals surface area (Å²) in [5.74, 6) is -1.12. The van der Waals surface area contributed by atoms with Crippen molar-refractivity contribution in [1.82, 2.24) is 9.97 Å². The molecule has 6 nitrogen and oxygen atoms in total. The minimum Gasteiger partial charge on any atom is -0.477 e. The molecule has 0 saturated heterocycles. The molecule has 0 aliphatic carbocycles. The fourth-order valence-corrected chi connectivity index (χ4v) is 4.15. The summed E-state index contributed by atoms with van der Waals surface area (Å²) in [7, 11) is 0. The first kappa shape index (κ1) is 22.9. The zero-order valence-electron chi connectivity index (χ0n) is 19.0. The minimum atomic E-state index is -1.05. The third-order valence-corrected chi connectivity index (χ3v) is 5.92. The van der Waals surface area contributed by atoms with Crippen LogP contribution in [-0.4, -0.2) is 32.0 Å². The highest BCUT2D eigenvalue weighted by atomic mass is 16.4. The Bertz CT molecular complexity index is 1350. The zero-order chi connectivity index (χ0) is 24.1. The zero-order valence-corrected chi connectivity index (χ0v) is 19.0. The summed E-state index contributed by atoms with van der Waals surface area (Å²) in [5, 5.41) is 22.7. The van der Waals surface area contributed by atoms with Crippen molar-refractivity contribution in [3.8, 4) is 11.1 Å². The average Bonchev–Trinajstić information content (AvgIpc) is 2.85. The van der Waals surface area contributed by atoms with Gasteiger partial charge in [0.2, 0.25) is 0 Å². The lowest BCUT2D eigenvalue weighted by atomic mass is 9.82. The van der Waals surface area contributed by atoms with Gasteiger partial charge in [-0.05, 0) is 54.3 Å². The highest BCUT2D eigenvalue weighted by molar-refractivity contribution is 6.01. The highest BCUT2D eigenvalue weighted by Gasteiger charge is 2.21. The van der Waals surface area contributed by atoms with Gasteiger partial charge in [0, 0.05) is 41.6 Å². The van der Waals surface area contributed by atoms with Gasteiger partial charge in [-0.15, -0.1) is 0 Å². The van der Waals surface area contributed by atoms with Gasteiger partial charge in [-0.2, -0.15) is 0 Å². The van der Waals surface area contributed by atoms with E-state index in [2.05, 4.69) is 46.3 Å². The van der Waals surface area contributed by atoms with Crippen molar-refractivity contribution in [2.75, 3.05) is 0 Å². The maximum Gasteiger partial charge on any atom is 0.354 e. The Kier molecular flexibility index (Phi) is 6.78. The second-order valence-corrected chi connectivity index (χ2v) is 8.21. The highest BCUT2D eigenvalue weighted by Crippen LogP contribution is 2.34. The van der Waals surface area contributed by atoms with Gasteiger partial charge in [0.05, 0.1) is 5.71 Å². The SMILES string of the molecule is Cc1cc(/C(CC(c2cccc(-c3ccc(C(=O)O)nc3)c2)c2ccccc2C)=N/O)ccn1. The predicted octanol–water partition coefficient (Wildman–Crippen LogP) is 5.86. The molecule has 1 atom stereocenters. The minimum absolute atomic E-state index is 0.00846. The quantitative estimate of drug-likeness (QED) is 0.208. The molecule has 1 unspecified atom stereocenters. The number of aromatic carboxylic acids is 1. The van der Waals surface area contributed by atoms with E-state index in [9.17, 15) is 10.0 Å². The monoisotopic (exact) mass is 451 g/mol. The van der Waals surface area contributed by atoms with Crippen molar-refractivity contribution in [2.45, 2.75) is 26.2 Å². The van der Waals surface area contributed by atoms with Gasteiger partial charge in [0.15, 0.2) is 0 Å². The van der Waals surface area contributed by atoms with Crippen LogP contribution in [0.3, 0.4) is 0 Å². The fraction of sp³-hybridized carbons (Fsp3) is 0.143. The Morgan fingerprint density at radius 2 is 1.76 bits per heavy atom. The van der Waals surface area contributed by atoms with Gasteiger partial charge >= 0.3 is 5.97 Å². The number of nitrogens with zero attached hydrogens (tertiary/aromatic N) is 3. The molecule has 0 fully saturated rings. The number of rotatable bonds is 7. The molecule has 4 rings (SSSR count). The van der Waals surface area contributed by atoms with E-state index in [1.165, 1.54) is 6.07 Å². The van der Waals surface area contributed by atoms with Crippen molar-refractivity contribution in [1.29, 1.82) is 0 Å². The predicted molar refractivity (Wildman–Crippen MR) is 132 cm³/mol. The number of aromatic nitrogens is 2. The van der Waals surface area contributed by atoms with E-state index >= 15 is 0 Å². The Labute approximate surface area is 198 Å². The van der Waals surface area contributed by atoms with Crippen molar-refractivity contribution < 1.29 is 15.1 Å². The van der Waals surface area contributed by atoms with Gasteiger partial charge in [-0.1, -0.05) is 59.8 Å². The molecule has 0 radical (unpaired) electrons. The average molecular weight is 452 g/mol. The van der Waals surface area contributed by atoms with E-state index in [0.717, 1.165) is 39.1 Å². The number of carbonyl (C=O) groups is 1. The van der Waals surface area contributed by atoms with Gasteiger partial charge < -0.3 is 10.3 Å². The number of hydrogen-bond acceptors (Lipinski definition) is 5. The fourth-order valence-electron chi connectivity index (χ4n) is 4.15. The molecule has 0 bridgehead atoms. The molecule has 0 saturated carbocycles. The molecule has 4 aromatic rings. The number of aryl methyl sites for hydroxylation is 2. The van der Waals surface area contributed by atoms with Crippen LogP contribution in [0.5, 0.6) is 0 Å². The third-order valence-electron chi connectivity index (χ3n) is 5.92. The Morgan fingerprint density at radius 3 is 2.44 bits per heavy atom. The lowest BCUT2D eigenvalue weighted by molar-refractivity contribution is 0.0690. The van der Waals surface area contributed by atoms with Gasteiger partial charge in [0.25, 0.3) is 0 Å². The van der Waals surface area contributed by atoms with Crippen LogP contribution in [0.2, 0.25) is 0 Å². The maximum atomic E-state index is 11.2. The molecule has 2 aromatic heterocycles. The van der Waals surface area contributed by atoms with Crippen LogP contribution in [0, 0.1) is 13.8 Å². The first-order chi connectivity index (χ1) is 16.5. The molecule has 0 aliphatic heterocycles. The first-order valence-corrected chi connectivity index (χ1v) is 11.0. The first-order valence-electron chi connectivity index (χ1n) is 11.0. The summed E-state index contributed by atoms with van der Waals surface area (Å²) in [6.07, 6.45) is 3.78. The lowest BCUT2D eigenvalue weighted by Gasteiger charge is -2.21. The molecular formula is C28H25N3O3. The van der Waals surface area contributed by atoms with Crippen LogP contribution in [0.1, 0.15) is 50.8 Å². The summed E-state index contributed by atoms with van der Waals surface area (Å²) >= 11 is 0. The van der Waals surface area contributed by atoms with Crippen LogP contribution < -0.4 is 0 Å². The van der Waals surface area contributed by atoms with Crippen LogP contribution in [-0.2, 0) is 0 Å². The molecule has 0 amide bonds. The topological polar surface area (TPSA) is 95.7 Å². The van der Waals surface area contributed by atoms with E-state index in [-0.39, 0.29) is 11.6 Å². The Morgan fingerprint density at radius 1 is 0.941 bits per heavy atom. The largest absolute Gasteiger partial charge is 0.477 e. The second kappa shape index (κ2) is 10.1. The summed E-state index contributed by atoms with van der Waals surface area (Å²) in [6.45, 7) is 3.98. The number of hydrogen-bond donors (Lipinski definition) is 2. The number of carboxylic acids is 1. The Hall–Kier alpha value is -4.32. The molecule has 2 heterocycles. The third kappa shape index (κ3) is 5.02. The molecule has 170 valence electrons. The van der Waals surface area contributed by atoms with E-state index < -0.39 is 5.97 Å². The normalized spacial score (nSPS) is 12.4. The second-order valence-electron chi connectivity index (χ2n) is 8.21. The van der Waals surface area contributed by atoms with Crippen molar-refractivity contribution in [3.05, 3.63) is 119 Å². The smallest absolute Gasteiger partial charge is 0.354 e. The molecule has 34 heavy (non-hydrogen) atoms. The number of oxime groups is 1. The Balaban J connectivity index is 1.76. The van der Waals surface area contributed by atoms with Crippen LogP contribution in [0.25, 0.3) is 11.1 Å². The van der Waals surface area contributed by atoms with Gasteiger partial charge in [-0.3, -0.25) is 4.98 Å². The van der Waals surface area contributed by atoms with Crippen molar-refractivity contribution in [3.63, 3.8) is 0 Å². The summed E-state index contributed by atoms with van der Waals surface area (Å²) in [4.78, 5) is 19.5. The number of carboxylic acid groups (broad SMARTS) is 1. The van der Waals surface area contributed by atoms with Gasteiger partial charge in [0.1, 0.15) is 5.69 Å². The summed E-state index contributed by atoms with van der Waals surface area (Å²) in [5.41, 5.74) is 7.38. The molecule has 0 aliphatic rings. The van der Waals surface area contributed by atoms with E-state index in [4.69, 9.17) is 5.11 Å². The van der Waals surface area contributed by atoms with Crippen LogP contribution in [0.4, 0.5) is 0 Å².